The van der Waals surface area contributed by atoms with Crippen LogP contribution in [-0.2, 0) is 4.74 Å². The smallest absolute Gasteiger partial charge is 0.491 e. The zero-order chi connectivity index (χ0) is 16.4. The third-order valence-corrected chi connectivity index (χ3v) is 3.55. The van der Waals surface area contributed by atoms with Gasteiger partial charge < -0.3 is 10.1 Å². The molecule has 1 aromatic rings. The van der Waals surface area contributed by atoms with Crippen LogP contribution in [0.1, 0.15) is 22.3 Å². The van der Waals surface area contributed by atoms with E-state index in [4.69, 9.17) is 4.74 Å². The molecule has 0 saturated heterocycles. The van der Waals surface area contributed by atoms with Crippen molar-refractivity contribution in [2.45, 2.75) is 18.9 Å². The van der Waals surface area contributed by atoms with Gasteiger partial charge in [0.25, 0.3) is 5.91 Å². The number of alkyl halides is 3. The third kappa shape index (κ3) is 3.73. The van der Waals surface area contributed by atoms with E-state index >= 15 is 0 Å². The molecule has 4 nitrogen and oxygen atoms in total. The average Bonchev–Trinajstić information content (AvgIpc) is 2.68. The van der Waals surface area contributed by atoms with Crippen molar-refractivity contribution in [3.8, 4) is 5.75 Å². The number of carbonyl (C=O) groups is 1. The molecule has 23 heavy (non-hydrogen) atoms. The number of hydrogen-bond acceptors (Lipinski definition) is 3. The molecule has 0 saturated carbocycles. The van der Waals surface area contributed by atoms with Crippen LogP contribution >= 0.6 is 0 Å². The number of halogens is 3. The minimum absolute atomic E-state index is 0.116. The molecule has 0 bridgehead atoms. The van der Waals surface area contributed by atoms with Gasteiger partial charge in [0, 0.05) is 0 Å². The first-order valence-corrected chi connectivity index (χ1v) is 7.11. The van der Waals surface area contributed by atoms with Crippen LogP contribution < -0.4 is 10.1 Å². The molecule has 1 amide bonds. The predicted octanol–water partition coefficient (Wildman–Crippen LogP) is 3.06. The standard InChI is InChI=1S/C16H14F3NO3/c17-16(18,19)23-12-4-1-10(2-5-12)11-3-6-14-13(9-11)15(21)20-7-8-22-14/h1-4,6,9,12H,5,7-8H2,(H,20,21). The summed E-state index contributed by atoms with van der Waals surface area (Å²) in [5.74, 6) is 0.278. The number of fused-ring (bicyclic) bond motifs is 1. The number of amides is 1. The van der Waals surface area contributed by atoms with Gasteiger partial charge in [-0.1, -0.05) is 24.3 Å². The lowest BCUT2D eigenvalue weighted by atomic mass is 9.96. The Kier molecular flexibility index (Phi) is 4.12. The molecule has 1 heterocycles. The van der Waals surface area contributed by atoms with Gasteiger partial charge in [0.2, 0.25) is 0 Å². The SMILES string of the molecule is O=C1NCCOc2ccc(C3=CCC(OC(F)(F)F)C=C3)cc21. The minimum atomic E-state index is -4.65. The van der Waals surface area contributed by atoms with Gasteiger partial charge in [0.15, 0.2) is 0 Å². The van der Waals surface area contributed by atoms with Gasteiger partial charge in [-0.05, 0) is 29.7 Å². The normalized spacial score (nSPS) is 20.9. The van der Waals surface area contributed by atoms with E-state index in [1.54, 1.807) is 30.4 Å². The second-order valence-corrected chi connectivity index (χ2v) is 5.17. The van der Waals surface area contributed by atoms with Crippen molar-refractivity contribution in [1.29, 1.82) is 0 Å². The summed E-state index contributed by atoms with van der Waals surface area (Å²) in [7, 11) is 0. The lowest BCUT2D eigenvalue weighted by Gasteiger charge is -2.19. The number of rotatable bonds is 2. The lowest BCUT2D eigenvalue weighted by Crippen LogP contribution is -2.24. The second-order valence-electron chi connectivity index (χ2n) is 5.17. The van der Waals surface area contributed by atoms with Crippen LogP contribution in [0.25, 0.3) is 5.57 Å². The lowest BCUT2D eigenvalue weighted by molar-refractivity contribution is -0.335. The van der Waals surface area contributed by atoms with E-state index in [0.29, 0.717) is 24.5 Å². The molecule has 1 aromatic carbocycles. The Morgan fingerprint density at radius 2 is 2.13 bits per heavy atom. The summed E-state index contributed by atoms with van der Waals surface area (Å²) in [5.41, 5.74) is 1.90. The fraction of sp³-hybridized carbons (Fsp3) is 0.312. The highest BCUT2D eigenvalue weighted by molar-refractivity contribution is 5.98. The van der Waals surface area contributed by atoms with Gasteiger partial charge in [-0.25, -0.2) is 0 Å². The molecule has 0 aromatic heterocycles. The summed E-state index contributed by atoms with van der Waals surface area (Å²) in [5, 5.41) is 2.72. The Balaban J connectivity index is 1.79. The molecule has 1 aliphatic heterocycles. The molecule has 1 aliphatic carbocycles. The van der Waals surface area contributed by atoms with E-state index in [9.17, 15) is 18.0 Å². The van der Waals surface area contributed by atoms with Crippen molar-refractivity contribution in [2.24, 2.45) is 0 Å². The zero-order valence-corrected chi connectivity index (χ0v) is 12.0. The second kappa shape index (κ2) is 6.08. The van der Waals surface area contributed by atoms with Gasteiger partial charge in [-0.2, -0.15) is 0 Å². The van der Waals surface area contributed by atoms with Gasteiger partial charge in [-0.15, -0.1) is 13.2 Å². The van der Waals surface area contributed by atoms with Crippen LogP contribution in [0.4, 0.5) is 13.2 Å². The van der Waals surface area contributed by atoms with Crippen molar-refractivity contribution in [2.75, 3.05) is 13.2 Å². The van der Waals surface area contributed by atoms with Crippen LogP contribution in [0, 0.1) is 0 Å². The molecule has 0 spiro atoms. The molecule has 1 N–H and O–H groups in total. The Bertz CT molecular complexity index is 680. The Hall–Kier alpha value is -2.28. The van der Waals surface area contributed by atoms with E-state index in [-0.39, 0.29) is 12.3 Å². The highest BCUT2D eigenvalue weighted by Gasteiger charge is 2.32. The van der Waals surface area contributed by atoms with Crippen LogP contribution in [0.2, 0.25) is 0 Å². The molecule has 7 heteroatoms. The molecule has 0 radical (unpaired) electrons. The number of hydrogen-bond donors (Lipinski definition) is 1. The van der Waals surface area contributed by atoms with E-state index in [1.807, 2.05) is 0 Å². The molecule has 1 atom stereocenters. The summed E-state index contributed by atoms with van der Waals surface area (Å²) < 4.78 is 46.0. The average molecular weight is 325 g/mol. The van der Waals surface area contributed by atoms with E-state index in [1.165, 1.54) is 6.08 Å². The van der Waals surface area contributed by atoms with Crippen LogP contribution in [-0.4, -0.2) is 31.5 Å². The summed E-state index contributed by atoms with van der Waals surface area (Å²) in [6.45, 7) is 0.832. The number of allylic oxidation sites excluding steroid dienone is 2. The molecule has 2 aliphatic rings. The first-order valence-electron chi connectivity index (χ1n) is 7.11. The van der Waals surface area contributed by atoms with Gasteiger partial charge in [-0.3, -0.25) is 9.53 Å². The number of ether oxygens (including phenoxy) is 2. The molecule has 3 rings (SSSR count). The molecular formula is C16H14F3NO3. The van der Waals surface area contributed by atoms with Gasteiger partial charge >= 0.3 is 6.36 Å². The zero-order valence-electron chi connectivity index (χ0n) is 12.0. The molecule has 1 unspecified atom stereocenters. The van der Waals surface area contributed by atoms with Crippen molar-refractivity contribution >= 4 is 11.5 Å². The van der Waals surface area contributed by atoms with Crippen molar-refractivity contribution in [1.82, 2.24) is 5.32 Å². The highest BCUT2D eigenvalue weighted by atomic mass is 19.4. The summed E-state index contributed by atoms with van der Waals surface area (Å²) >= 11 is 0. The number of carbonyl (C=O) groups excluding carboxylic acids is 1. The Morgan fingerprint density at radius 1 is 1.30 bits per heavy atom. The fourth-order valence-electron chi connectivity index (χ4n) is 2.51. The van der Waals surface area contributed by atoms with E-state index in [2.05, 4.69) is 10.1 Å². The maximum atomic E-state index is 12.2. The Labute approximate surface area is 130 Å². The van der Waals surface area contributed by atoms with Crippen LogP contribution in [0.5, 0.6) is 5.75 Å². The van der Waals surface area contributed by atoms with E-state index in [0.717, 1.165) is 11.1 Å². The fourth-order valence-corrected chi connectivity index (χ4v) is 2.51. The first-order chi connectivity index (χ1) is 10.9. The minimum Gasteiger partial charge on any atom is -0.491 e. The third-order valence-electron chi connectivity index (χ3n) is 3.55. The first kappa shape index (κ1) is 15.6. The quantitative estimate of drug-likeness (QED) is 0.909. The van der Waals surface area contributed by atoms with Crippen molar-refractivity contribution in [3.63, 3.8) is 0 Å². The van der Waals surface area contributed by atoms with Crippen molar-refractivity contribution < 1.29 is 27.4 Å². The maximum Gasteiger partial charge on any atom is 0.523 e. The largest absolute Gasteiger partial charge is 0.523 e. The summed E-state index contributed by atoms with van der Waals surface area (Å²) in [6, 6.07) is 5.15. The molecule has 0 fully saturated rings. The van der Waals surface area contributed by atoms with Gasteiger partial charge in [0.05, 0.1) is 18.2 Å². The summed E-state index contributed by atoms with van der Waals surface area (Å²) in [6.07, 6.45) is -0.966. The van der Waals surface area contributed by atoms with Crippen molar-refractivity contribution in [3.05, 3.63) is 47.6 Å². The molecule has 122 valence electrons. The maximum absolute atomic E-state index is 12.2. The monoisotopic (exact) mass is 325 g/mol. The van der Waals surface area contributed by atoms with Gasteiger partial charge in [0.1, 0.15) is 12.4 Å². The number of benzene rings is 1. The summed E-state index contributed by atoms with van der Waals surface area (Å²) in [4.78, 5) is 12.0. The highest BCUT2D eigenvalue weighted by Crippen LogP contribution is 2.30. The topological polar surface area (TPSA) is 47.6 Å². The Morgan fingerprint density at radius 3 is 2.83 bits per heavy atom. The van der Waals surface area contributed by atoms with Crippen LogP contribution in [0.15, 0.2) is 36.4 Å². The van der Waals surface area contributed by atoms with Crippen LogP contribution in [0.3, 0.4) is 0 Å². The predicted molar refractivity (Wildman–Crippen MR) is 76.9 cm³/mol. The van der Waals surface area contributed by atoms with E-state index < -0.39 is 12.5 Å². The number of nitrogens with one attached hydrogen (secondary N) is 1. The molecular weight excluding hydrogens is 311 g/mol.